The Bertz CT molecular complexity index is 1030. The summed E-state index contributed by atoms with van der Waals surface area (Å²) >= 11 is 3.23. The summed E-state index contributed by atoms with van der Waals surface area (Å²) in [5.41, 5.74) is 1.48. The number of nitrogens with zero attached hydrogens (tertiary/aromatic N) is 1. The van der Waals surface area contributed by atoms with Gasteiger partial charge >= 0.3 is 6.03 Å². The number of phenolic OH excluding ortho intramolecular Hbond substituents is 1. The number of phenols is 1. The van der Waals surface area contributed by atoms with Gasteiger partial charge in [0.25, 0.3) is 11.8 Å². The average Bonchev–Trinajstić information content (AvgIpc) is 2.69. The summed E-state index contributed by atoms with van der Waals surface area (Å²) < 4.78 is 5.73. The van der Waals surface area contributed by atoms with E-state index in [1.807, 2.05) is 19.1 Å². The van der Waals surface area contributed by atoms with Gasteiger partial charge in [-0.25, -0.2) is 9.69 Å². The number of ether oxygens (including phenoxy) is 1. The first-order chi connectivity index (χ1) is 13.9. The molecule has 1 fully saturated rings. The van der Waals surface area contributed by atoms with Crippen molar-refractivity contribution in [1.82, 2.24) is 5.32 Å². The zero-order chi connectivity index (χ0) is 21.1. The van der Waals surface area contributed by atoms with Crippen LogP contribution in [0.3, 0.4) is 0 Å². The first kappa shape index (κ1) is 20.6. The van der Waals surface area contributed by atoms with Gasteiger partial charge in [0, 0.05) is 0 Å². The van der Waals surface area contributed by atoms with Crippen molar-refractivity contribution in [2.45, 2.75) is 20.3 Å². The lowest BCUT2D eigenvalue weighted by atomic mass is 10.0. The number of rotatable bonds is 5. The normalized spacial score (nSPS) is 15.6. The van der Waals surface area contributed by atoms with Gasteiger partial charge in [0.15, 0.2) is 11.5 Å². The molecular weight excluding hydrogens is 440 g/mol. The third kappa shape index (κ3) is 4.02. The highest BCUT2D eigenvalue weighted by Crippen LogP contribution is 2.36. The second kappa shape index (κ2) is 8.48. The van der Waals surface area contributed by atoms with E-state index in [2.05, 4.69) is 21.2 Å². The predicted octanol–water partition coefficient (Wildman–Crippen LogP) is 3.78. The van der Waals surface area contributed by atoms with Crippen LogP contribution in [0.1, 0.15) is 25.0 Å². The van der Waals surface area contributed by atoms with Crippen LogP contribution in [0.15, 0.2) is 46.4 Å². The number of hydrogen-bond donors (Lipinski definition) is 2. The maximum Gasteiger partial charge on any atom is 0.335 e. The maximum absolute atomic E-state index is 13.1. The first-order valence-corrected chi connectivity index (χ1v) is 9.81. The second-order valence-electron chi connectivity index (χ2n) is 6.22. The van der Waals surface area contributed by atoms with Gasteiger partial charge in [-0.05, 0) is 64.7 Å². The van der Waals surface area contributed by atoms with E-state index < -0.39 is 17.8 Å². The Kier molecular flexibility index (Phi) is 6.03. The molecule has 29 heavy (non-hydrogen) atoms. The standard InChI is InChI=1S/C21H19BrN2O5/c1-3-13-7-5-6-8-16(13)24-20(27)14(19(26)23-21(24)28)9-12-10-15(22)18(25)17(11-12)29-4-2/h5-11,25H,3-4H2,1-2H3,(H,23,26,28)/b14-9-. The molecule has 1 aliphatic heterocycles. The molecule has 0 radical (unpaired) electrons. The molecule has 0 saturated carbocycles. The average molecular weight is 459 g/mol. The maximum atomic E-state index is 13.1. The van der Waals surface area contributed by atoms with Crippen molar-refractivity contribution < 1.29 is 24.2 Å². The number of urea groups is 1. The smallest absolute Gasteiger partial charge is 0.335 e. The molecule has 2 aromatic carbocycles. The van der Waals surface area contributed by atoms with Crippen LogP contribution >= 0.6 is 15.9 Å². The fourth-order valence-electron chi connectivity index (χ4n) is 3.01. The molecule has 1 heterocycles. The SMILES string of the molecule is CCOc1cc(/C=C2/C(=O)NC(=O)N(c3ccccc3CC)C2=O)cc(Br)c1O. The number of hydrogen-bond acceptors (Lipinski definition) is 5. The lowest BCUT2D eigenvalue weighted by Gasteiger charge is -2.28. The van der Waals surface area contributed by atoms with E-state index in [0.717, 1.165) is 10.5 Å². The number of anilines is 1. The van der Waals surface area contributed by atoms with Gasteiger partial charge in [-0.2, -0.15) is 0 Å². The number of carbonyl (C=O) groups excluding carboxylic acids is 3. The number of aryl methyl sites for hydroxylation is 1. The molecule has 0 aromatic heterocycles. The van der Waals surface area contributed by atoms with Gasteiger partial charge in [0.1, 0.15) is 5.57 Å². The Morgan fingerprint density at radius 3 is 2.59 bits per heavy atom. The van der Waals surface area contributed by atoms with E-state index in [1.54, 1.807) is 25.1 Å². The molecule has 4 amide bonds. The van der Waals surface area contributed by atoms with Crippen molar-refractivity contribution in [3.05, 3.63) is 57.6 Å². The zero-order valence-electron chi connectivity index (χ0n) is 15.9. The quantitative estimate of drug-likeness (QED) is 0.524. The molecule has 150 valence electrons. The summed E-state index contributed by atoms with van der Waals surface area (Å²) in [5.74, 6) is -1.38. The van der Waals surface area contributed by atoms with Crippen LogP contribution in [0.25, 0.3) is 6.08 Å². The fourth-order valence-corrected chi connectivity index (χ4v) is 3.47. The third-order valence-corrected chi connectivity index (χ3v) is 4.98. The van der Waals surface area contributed by atoms with E-state index in [0.29, 0.717) is 28.8 Å². The van der Waals surface area contributed by atoms with Gasteiger partial charge in [-0.15, -0.1) is 0 Å². The van der Waals surface area contributed by atoms with Crippen LogP contribution in [0, 0.1) is 0 Å². The Balaban J connectivity index is 2.06. The number of benzene rings is 2. The van der Waals surface area contributed by atoms with E-state index in [-0.39, 0.29) is 17.1 Å². The van der Waals surface area contributed by atoms with Crippen molar-refractivity contribution in [2.75, 3.05) is 11.5 Å². The molecule has 7 nitrogen and oxygen atoms in total. The Morgan fingerprint density at radius 2 is 1.90 bits per heavy atom. The third-order valence-electron chi connectivity index (χ3n) is 4.38. The highest BCUT2D eigenvalue weighted by molar-refractivity contribution is 9.10. The number of halogens is 1. The largest absolute Gasteiger partial charge is 0.503 e. The van der Waals surface area contributed by atoms with E-state index in [1.165, 1.54) is 12.1 Å². The fraction of sp³-hybridized carbons (Fsp3) is 0.190. The second-order valence-corrected chi connectivity index (χ2v) is 7.08. The van der Waals surface area contributed by atoms with Crippen LogP contribution in [-0.4, -0.2) is 29.6 Å². The lowest BCUT2D eigenvalue weighted by molar-refractivity contribution is -0.122. The monoisotopic (exact) mass is 458 g/mol. The molecule has 2 aromatic rings. The van der Waals surface area contributed by atoms with E-state index in [4.69, 9.17) is 4.74 Å². The van der Waals surface area contributed by atoms with Gasteiger partial charge in [0.2, 0.25) is 0 Å². The summed E-state index contributed by atoms with van der Waals surface area (Å²) in [6.07, 6.45) is 1.97. The number of barbiturate groups is 1. The Hall–Kier alpha value is -3.13. The molecule has 1 aliphatic rings. The minimum atomic E-state index is -0.792. The highest BCUT2D eigenvalue weighted by atomic mass is 79.9. The van der Waals surface area contributed by atoms with Gasteiger partial charge in [-0.1, -0.05) is 25.1 Å². The predicted molar refractivity (Wildman–Crippen MR) is 112 cm³/mol. The minimum Gasteiger partial charge on any atom is -0.503 e. The van der Waals surface area contributed by atoms with Gasteiger partial charge < -0.3 is 9.84 Å². The topological polar surface area (TPSA) is 95.9 Å². The number of amides is 4. The summed E-state index contributed by atoms with van der Waals surface area (Å²) in [5, 5.41) is 12.3. The molecule has 0 unspecified atom stereocenters. The minimum absolute atomic E-state index is 0.0814. The van der Waals surface area contributed by atoms with Crippen molar-refractivity contribution in [3.8, 4) is 11.5 Å². The Labute approximate surface area is 176 Å². The van der Waals surface area contributed by atoms with E-state index >= 15 is 0 Å². The van der Waals surface area contributed by atoms with Crippen LogP contribution < -0.4 is 15.0 Å². The lowest BCUT2D eigenvalue weighted by Crippen LogP contribution is -2.54. The molecule has 1 saturated heterocycles. The Morgan fingerprint density at radius 1 is 1.17 bits per heavy atom. The van der Waals surface area contributed by atoms with Crippen molar-refractivity contribution in [3.63, 3.8) is 0 Å². The number of carbonyl (C=O) groups is 3. The van der Waals surface area contributed by atoms with Crippen LogP contribution in [0.4, 0.5) is 10.5 Å². The first-order valence-electron chi connectivity index (χ1n) is 9.02. The van der Waals surface area contributed by atoms with Crippen molar-refractivity contribution in [2.24, 2.45) is 0 Å². The van der Waals surface area contributed by atoms with Gasteiger partial charge in [-0.3, -0.25) is 14.9 Å². The molecule has 0 spiro atoms. The molecule has 8 heteroatoms. The molecule has 0 bridgehead atoms. The van der Waals surface area contributed by atoms with Gasteiger partial charge in [0.05, 0.1) is 16.8 Å². The number of para-hydroxylation sites is 1. The zero-order valence-corrected chi connectivity index (χ0v) is 17.4. The molecular formula is C21H19BrN2O5. The molecule has 0 aliphatic carbocycles. The summed E-state index contributed by atoms with van der Waals surface area (Å²) in [7, 11) is 0. The van der Waals surface area contributed by atoms with E-state index in [9.17, 15) is 19.5 Å². The molecule has 3 rings (SSSR count). The summed E-state index contributed by atoms with van der Waals surface area (Å²) in [6, 6.07) is 9.29. The van der Waals surface area contributed by atoms with Crippen LogP contribution in [0.2, 0.25) is 0 Å². The molecule has 2 N–H and O–H groups in total. The van der Waals surface area contributed by atoms with Crippen LogP contribution in [-0.2, 0) is 16.0 Å². The van der Waals surface area contributed by atoms with Crippen molar-refractivity contribution in [1.29, 1.82) is 0 Å². The number of aromatic hydroxyl groups is 1. The molecule has 0 atom stereocenters. The number of nitrogens with one attached hydrogen (secondary N) is 1. The summed E-state index contributed by atoms with van der Waals surface area (Å²) in [6.45, 7) is 4.01. The van der Waals surface area contributed by atoms with Crippen molar-refractivity contribution >= 4 is 45.5 Å². The highest BCUT2D eigenvalue weighted by Gasteiger charge is 2.37. The number of imide groups is 2. The summed E-state index contributed by atoms with van der Waals surface area (Å²) in [4.78, 5) is 38.8. The van der Waals surface area contributed by atoms with Crippen LogP contribution in [0.5, 0.6) is 11.5 Å².